The Balaban J connectivity index is 2.04. The van der Waals surface area contributed by atoms with E-state index in [1.165, 1.54) is 30.3 Å². The van der Waals surface area contributed by atoms with Crippen molar-refractivity contribution in [3.8, 4) is 0 Å². The summed E-state index contributed by atoms with van der Waals surface area (Å²) in [7, 11) is 0. The number of hydrogen-bond acceptors (Lipinski definition) is 3. The number of non-ortho nitro benzene ring substituents is 1. The Hall–Kier alpha value is -3.16. The standard InChI is InChI=1S/C16H9F3N2O3/c17-16(18,19)10-4-5-12-13(15(22)20-14(12)8-10)7-9-2-1-3-11(6-9)21(23)24/h1-8H,(H,20,22)/b13-7+. The third kappa shape index (κ3) is 2.85. The first-order chi connectivity index (χ1) is 11.3. The smallest absolute Gasteiger partial charge is 0.321 e. The Kier molecular flexibility index (Phi) is 3.59. The van der Waals surface area contributed by atoms with E-state index in [0.29, 0.717) is 11.1 Å². The molecular formula is C16H9F3N2O3. The number of nitrogens with one attached hydrogen (secondary N) is 1. The van der Waals surface area contributed by atoms with E-state index < -0.39 is 22.6 Å². The van der Waals surface area contributed by atoms with Gasteiger partial charge in [-0.15, -0.1) is 0 Å². The lowest BCUT2D eigenvalue weighted by Crippen LogP contribution is -2.06. The number of rotatable bonds is 2. The number of hydrogen-bond donors (Lipinski definition) is 1. The third-order valence-electron chi connectivity index (χ3n) is 3.52. The van der Waals surface area contributed by atoms with Gasteiger partial charge in [0.25, 0.3) is 11.6 Å². The van der Waals surface area contributed by atoms with E-state index in [0.717, 1.165) is 12.1 Å². The summed E-state index contributed by atoms with van der Waals surface area (Å²) in [4.78, 5) is 22.2. The van der Waals surface area contributed by atoms with E-state index >= 15 is 0 Å². The van der Waals surface area contributed by atoms with E-state index in [2.05, 4.69) is 5.32 Å². The summed E-state index contributed by atoms with van der Waals surface area (Å²) in [5.41, 5.74) is -0.0686. The molecule has 24 heavy (non-hydrogen) atoms. The summed E-state index contributed by atoms with van der Waals surface area (Å²) >= 11 is 0. The number of carbonyl (C=O) groups is 1. The van der Waals surface area contributed by atoms with Gasteiger partial charge in [0.05, 0.1) is 10.5 Å². The summed E-state index contributed by atoms with van der Waals surface area (Å²) in [5, 5.41) is 13.2. The van der Waals surface area contributed by atoms with Crippen LogP contribution in [0.25, 0.3) is 11.6 Å². The molecular weight excluding hydrogens is 325 g/mol. The number of anilines is 1. The topological polar surface area (TPSA) is 72.2 Å². The second-order valence-corrected chi connectivity index (χ2v) is 5.12. The maximum atomic E-state index is 12.7. The fourth-order valence-electron chi connectivity index (χ4n) is 2.41. The zero-order valence-corrected chi connectivity index (χ0v) is 11.9. The molecule has 122 valence electrons. The van der Waals surface area contributed by atoms with Crippen LogP contribution >= 0.6 is 0 Å². The van der Waals surface area contributed by atoms with Gasteiger partial charge in [0, 0.05) is 29.0 Å². The van der Waals surface area contributed by atoms with Crippen LogP contribution in [-0.4, -0.2) is 10.8 Å². The molecule has 3 rings (SSSR count). The highest BCUT2D eigenvalue weighted by Crippen LogP contribution is 2.38. The zero-order valence-electron chi connectivity index (χ0n) is 11.9. The molecule has 5 nitrogen and oxygen atoms in total. The summed E-state index contributed by atoms with van der Waals surface area (Å²) < 4.78 is 38.2. The lowest BCUT2D eigenvalue weighted by molar-refractivity contribution is -0.384. The number of carbonyl (C=O) groups excluding carboxylic acids is 1. The predicted octanol–water partition coefficient (Wildman–Crippen LogP) is 4.11. The van der Waals surface area contributed by atoms with Gasteiger partial charge in [0.2, 0.25) is 0 Å². The lowest BCUT2D eigenvalue weighted by Gasteiger charge is -2.08. The molecule has 1 N–H and O–H groups in total. The Bertz CT molecular complexity index is 888. The number of amides is 1. The number of halogens is 3. The number of nitro benzene ring substituents is 1. The van der Waals surface area contributed by atoms with E-state index in [1.807, 2.05) is 0 Å². The van der Waals surface area contributed by atoms with Crippen LogP contribution in [-0.2, 0) is 11.0 Å². The van der Waals surface area contributed by atoms with Crippen molar-refractivity contribution in [2.24, 2.45) is 0 Å². The fourth-order valence-corrected chi connectivity index (χ4v) is 2.41. The molecule has 2 aromatic rings. The summed E-state index contributed by atoms with van der Waals surface area (Å²) in [6.07, 6.45) is -3.10. The SMILES string of the molecule is O=C1Nc2cc(C(F)(F)F)ccc2/C1=C\c1cccc([N+](=O)[O-])c1. The predicted molar refractivity (Wildman–Crippen MR) is 81.0 cm³/mol. The van der Waals surface area contributed by atoms with E-state index in [4.69, 9.17) is 0 Å². The number of alkyl halides is 3. The van der Waals surface area contributed by atoms with Gasteiger partial charge in [0.15, 0.2) is 0 Å². The van der Waals surface area contributed by atoms with Gasteiger partial charge >= 0.3 is 6.18 Å². The number of fused-ring (bicyclic) bond motifs is 1. The largest absolute Gasteiger partial charge is 0.416 e. The molecule has 0 atom stereocenters. The van der Waals surface area contributed by atoms with Crippen LogP contribution in [0.4, 0.5) is 24.5 Å². The van der Waals surface area contributed by atoms with Crippen LogP contribution in [0.1, 0.15) is 16.7 Å². The van der Waals surface area contributed by atoms with Crippen LogP contribution < -0.4 is 5.32 Å². The monoisotopic (exact) mass is 334 g/mol. The Morgan fingerprint density at radius 3 is 2.54 bits per heavy atom. The van der Waals surface area contributed by atoms with E-state index in [-0.39, 0.29) is 16.9 Å². The lowest BCUT2D eigenvalue weighted by atomic mass is 10.0. The van der Waals surface area contributed by atoms with Gasteiger partial charge in [-0.3, -0.25) is 14.9 Å². The van der Waals surface area contributed by atoms with Crippen LogP contribution in [0.15, 0.2) is 42.5 Å². The second kappa shape index (κ2) is 5.48. The molecule has 2 aromatic carbocycles. The van der Waals surface area contributed by atoms with Crippen LogP contribution in [0.2, 0.25) is 0 Å². The van der Waals surface area contributed by atoms with Crippen LogP contribution in [0.5, 0.6) is 0 Å². The second-order valence-electron chi connectivity index (χ2n) is 5.12. The molecule has 1 heterocycles. The summed E-state index contributed by atoms with van der Waals surface area (Å²) in [6, 6.07) is 8.57. The molecule has 0 unspecified atom stereocenters. The maximum Gasteiger partial charge on any atom is 0.416 e. The Labute approximate surface area is 133 Å². The van der Waals surface area contributed by atoms with Crippen molar-refractivity contribution in [3.05, 3.63) is 69.3 Å². The van der Waals surface area contributed by atoms with Crippen molar-refractivity contribution in [2.45, 2.75) is 6.18 Å². The normalized spacial score (nSPS) is 15.3. The van der Waals surface area contributed by atoms with Crippen molar-refractivity contribution in [1.82, 2.24) is 0 Å². The first kappa shape index (κ1) is 15.7. The van der Waals surface area contributed by atoms with Crippen molar-refractivity contribution in [2.75, 3.05) is 5.32 Å². The number of nitro groups is 1. The van der Waals surface area contributed by atoms with Gasteiger partial charge < -0.3 is 5.32 Å². The molecule has 8 heteroatoms. The molecule has 1 aliphatic rings. The summed E-state index contributed by atoms with van der Waals surface area (Å²) in [5.74, 6) is -0.559. The molecule has 0 saturated carbocycles. The molecule has 0 spiro atoms. The quantitative estimate of drug-likeness (QED) is 0.510. The Morgan fingerprint density at radius 1 is 1.12 bits per heavy atom. The van der Waals surface area contributed by atoms with E-state index in [9.17, 15) is 28.1 Å². The number of nitrogens with zero attached hydrogens (tertiary/aromatic N) is 1. The average Bonchev–Trinajstić information content (AvgIpc) is 2.82. The molecule has 0 aliphatic carbocycles. The van der Waals surface area contributed by atoms with Crippen LogP contribution in [0.3, 0.4) is 0 Å². The zero-order chi connectivity index (χ0) is 17.5. The minimum Gasteiger partial charge on any atom is -0.321 e. The highest BCUT2D eigenvalue weighted by molar-refractivity contribution is 6.34. The van der Waals surface area contributed by atoms with Gasteiger partial charge in [-0.1, -0.05) is 18.2 Å². The van der Waals surface area contributed by atoms with Gasteiger partial charge in [-0.25, -0.2) is 0 Å². The number of benzene rings is 2. The first-order valence-electron chi connectivity index (χ1n) is 6.75. The van der Waals surface area contributed by atoms with E-state index in [1.54, 1.807) is 6.07 Å². The minimum absolute atomic E-state index is 0.0616. The van der Waals surface area contributed by atoms with Gasteiger partial charge in [-0.2, -0.15) is 13.2 Å². The highest BCUT2D eigenvalue weighted by atomic mass is 19.4. The minimum atomic E-state index is -4.51. The molecule has 0 radical (unpaired) electrons. The third-order valence-corrected chi connectivity index (χ3v) is 3.52. The average molecular weight is 334 g/mol. The molecule has 1 amide bonds. The van der Waals surface area contributed by atoms with Crippen molar-refractivity contribution < 1.29 is 22.9 Å². The molecule has 1 aliphatic heterocycles. The molecule has 0 aromatic heterocycles. The van der Waals surface area contributed by atoms with Crippen molar-refractivity contribution in [1.29, 1.82) is 0 Å². The summed E-state index contributed by atoms with van der Waals surface area (Å²) in [6.45, 7) is 0. The van der Waals surface area contributed by atoms with Crippen molar-refractivity contribution >= 4 is 28.9 Å². The first-order valence-corrected chi connectivity index (χ1v) is 6.75. The van der Waals surface area contributed by atoms with Gasteiger partial charge in [-0.05, 0) is 23.8 Å². The molecule has 0 fully saturated rings. The highest BCUT2D eigenvalue weighted by Gasteiger charge is 2.33. The molecule has 0 saturated heterocycles. The van der Waals surface area contributed by atoms with Crippen LogP contribution in [0, 0.1) is 10.1 Å². The Morgan fingerprint density at radius 2 is 1.88 bits per heavy atom. The maximum absolute atomic E-state index is 12.7. The van der Waals surface area contributed by atoms with Gasteiger partial charge in [0.1, 0.15) is 0 Å². The fraction of sp³-hybridized carbons (Fsp3) is 0.0625. The van der Waals surface area contributed by atoms with Crippen molar-refractivity contribution in [3.63, 3.8) is 0 Å². The molecule has 0 bridgehead atoms.